The van der Waals surface area contributed by atoms with E-state index >= 15 is 0 Å². The van der Waals surface area contributed by atoms with Crippen molar-refractivity contribution in [2.45, 2.75) is 6.54 Å². The van der Waals surface area contributed by atoms with E-state index in [1.54, 1.807) is 12.4 Å². The molecule has 0 bridgehead atoms. The van der Waals surface area contributed by atoms with E-state index in [0.29, 0.717) is 6.54 Å². The number of nitrogens with zero attached hydrogens (tertiary/aromatic N) is 2. The van der Waals surface area contributed by atoms with Gasteiger partial charge in [-0.3, -0.25) is 4.98 Å². The number of rotatable bonds is 1. The lowest BCUT2D eigenvalue weighted by atomic mass is 10.4. The molecule has 0 radical (unpaired) electrons. The first kappa shape index (κ1) is 8.96. The Morgan fingerprint density at radius 1 is 1.50 bits per heavy atom. The van der Waals surface area contributed by atoms with Gasteiger partial charge in [0.25, 0.3) is 0 Å². The Morgan fingerprint density at radius 3 is 3.00 bits per heavy atom. The van der Waals surface area contributed by atoms with E-state index in [2.05, 4.69) is 15.0 Å². The van der Waals surface area contributed by atoms with Gasteiger partial charge >= 0.3 is 0 Å². The number of nitrogens with one attached hydrogen (secondary N) is 1. The molecule has 0 aliphatic rings. The lowest BCUT2D eigenvalue weighted by Gasteiger charge is -1.82. The van der Waals surface area contributed by atoms with Crippen molar-refractivity contribution in [3.63, 3.8) is 0 Å². The van der Waals surface area contributed by atoms with Crippen LogP contribution in [0.25, 0.3) is 11.0 Å². The number of aromatic amines is 1. The maximum Gasteiger partial charge on any atom is 0.121 e. The zero-order valence-corrected chi connectivity index (χ0v) is 7.14. The summed E-state index contributed by atoms with van der Waals surface area (Å²) in [5.74, 6) is 0.799. The minimum Gasteiger partial charge on any atom is -0.341 e. The maximum atomic E-state index is 5.40. The summed E-state index contributed by atoms with van der Waals surface area (Å²) in [7, 11) is 0. The van der Waals surface area contributed by atoms with Crippen molar-refractivity contribution in [2.24, 2.45) is 5.73 Å². The maximum absolute atomic E-state index is 5.40. The predicted molar refractivity (Wildman–Crippen MR) is 49.0 cm³/mol. The molecule has 0 aliphatic heterocycles. The molecule has 64 valence electrons. The van der Waals surface area contributed by atoms with Crippen molar-refractivity contribution in [2.75, 3.05) is 0 Å². The van der Waals surface area contributed by atoms with Crippen LogP contribution < -0.4 is 5.73 Å². The molecular formula is C7H9ClN4. The van der Waals surface area contributed by atoms with Gasteiger partial charge in [-0.15, -0.1) is 12.4 Å². The molecule has 4 nitrogen and oxygen atoms in total. The highest BCUT2D eigenvalue weighted by atomic mass is 35.5. The summed E-state index contributed by atoms with van der Waals surface area (Å²) >= 11 is 0. The van der Waals surface area contributed by atoms with Crippen LogP contribution in [0, 0.1) is 0 Å². The largest absolute Gasteiger partial charge is 0.341 e. The predicted octanol–water partition coefficient (Wildman–Crippen LogP) is 0.838. The lowest BCUT2D eigenvalue weighted by molar-refractivity contribution is 0.958. The molecule has 0 spiro atoms. The van der Waals surface area contributed by atoms with Crippen LogP contribution in [0.5, 0.6) is 0 Å². The highest BCUT2D eigenvalue weighted by Crippen LogP contribution is 2.07. The average Bonchev–Trinajstić information content (AvgIpc) is 2.46. The Labute approximate surface area is 75.6 Å². The fourth-order valence-corrected chi connectivity index (χ4v) is 1.01. The van der Waals surface area contributed by atoms with Gasteiger partial charge in [-0.2, -0.15) is 0 Å². The Hall–Kier alpha value is -1.13. The molecule has 0 saturated heterocycles. The zero-order valence-electron chi connectivity index (χ0n) is 6.32. The molecule has 0 atom stereocenters. The van der Waals surface area contributed by atoms with Crippen LogP contribution in [0.15, 0.2) is 18.5 Å². The second-order valence-corrected chi connectivity index (χ2v) is 2.28. The number of imidazole rings is 1. The minimum absolute atomic E-state index is 0. The van der Waals surface area contributed by atoms with E-state index in [-0.39, 0.29) is 12.4 Å². The number of hydrogen-bond acceptors (Lipinski definition) is 3. The number of fused-ring (bicyclic) bond motifs is 1. The van der Waals surface area contributed by atoms with Gasteiger partial charge < -0.3 is 10.7 Å². The molecule has 0 fully saturated rings. The Morgan fingerprint density at radius 2 is 2.33 bits per heavy atom. The van der Waals surface area contributed by atoms with Crippen LogP contribution >= 0.6 is 12.4 Å². The van der Waals surface area contributed by atoms with Gasteiger partial charge in [0.1, 0.15) is 11.3 Å². The highest BCUT2D eigenvalue weighted by molar-refractivity contribution is 5.85. The van der Waals surface area contributed by atoms with Gasteiger partial charge in [-0.25, -0.2) is 4.98 Å². The van der Waals surface area contributed by atoms with Crippen molar-refractivity contribution in [1.29, 1.82) is 0 Å². The number of H-pyrrole nitrogens is 1. The van der Waals surface area contributed by atoms with E-state index in [1.165, 1.54) is 0 Å². The molecule has 0 aromatic carbocycles. The highest BCUT2D eigenvalue weighted by Gasteiger charge is 1.98. The molecule has 12 heavy (non-hydrogen) atoms. The molecular weight excluding hydrogens is 176 g/mol. The second-order valence-electron chi connectivity index (χ2n) is 2.28. The summed E-state index contributed by atoms with van der Waals surface area (Å²) in [4.78, 5) is 11.2. The van der Waals surface area contributed by atoms with E-state index in [1.807, 2.05) is 6.07 Å². The van der Waals surface area contributed by atoms with Crippen molar-refractivity contribution in [3.05, 3.63) is 24.3 Å². The molecule has 0 unspecified atom stereocenters. The van der Waals surface area contributed by atoms with Gasteiger partial charge in [0.05, 0.1) is 18.3 Å². The molecule has 0 saturated carbocycles. The fourth-order valence-electron chi connectivity index (χ4n) is 1.01. The Balaban J connectivity index is 0.000000720. The Bertz CT molecular complexity index is 337. The average molecular weight is 185 g/mol. The lowest BCUT2D eigenvalue weighted by Crippen LogP contribution is -1.97. The first-order valence-corrected chi connectivity index (χ1v) is 3.39. The molecule has 3 N–H and O–H groups in total. The van der Waals surface area contributed by atoms with Crippen molar-refractivity contribution < 1.29 is 0 Å². The summed E-state index contributed by atoms with van der Waals surface area (Å²) in [6.07, 6.45) is 3.44. The third kappa shape index (κ3) is 1.39. The zero-order chi connectivity index (χ0) is 7.68. The first-order valence-electron chi connectivity index (χ1n) is 3.39. The van der Waals surface area contributed by atoms with E-state index in [4.69, 9.17) is 5.73 Å². The van der Waals surface area contributed by atoms with Crippen LogP contribution in [0.4, 0.5) is 0 Å². The normalized spacial score (nSPS) is 9.75. The topological polar surface area (TPSA) is 67.6 Å². The van der Waals surface area contributed by atoms with Crippen LogP contribution in [0.2, 0.25) is 0 Å². The van der Waals surface area contributed by atoms with Crippen molar-refractivity contribution in [1.82, 2.24) is 15.0 Å². The molecule has 2 aromatic rings. The monoisotopic (exact) mass is 184 g/mol. The van der Waals surface area contributed by atoms with Gasteiger partial charge in [0.15, 0.2) is 0 Å². The SMILES string of the molecule is Cl.NCc1nc2cnccc2[nH]1. The number of halogens is 1. The third-order valence-electron chi connectivity index (χ3n) is 1.53. The third-order valence-corrected chi connectivity index (χ3v) is 1.53. The summed E-state index contributed by atoms with van der Waals surface area (Å²) in [6, 6.07) is 1.88. The smallest absolute Gasteiger partial charge is 0.121 e. The van der Waals surface area contributed by atoms with Gasteiger partial charge in [-0.05, 0) is 6.07 Å². The molecule has 2 rings (SSSR count). The number of nitrogens with two attached hydrogens (primary N) is 1. The fraction of sp³-hybridized carbons (Fsp3) is 0.143. The molecule has 5 heteroatoms. The summed E-state index contributed by atoms with van der Waals surface area (Å²) in [6.45, 7) is 0.439. The van der Waals surface area contributed by atoms with Crippen LogP contribution in [0.3, 0.4) is 0 Å². The molecule has 2 heterocycles. The quantitative estimate of drug-likeness (QED) is 0.690. The van der Waals surface area contributed by atoms with Gasteiger partial charge in [0.2, 0.25) is 0 Å². The summed E-state index contributed by atoms with van der Waals surface area (Å²) in [5, 5.41) is 0. The summed E-state index contributed by atoms with van der Waals surface area (Å²) in [5.41, 5.74) is 7.25. The van der Waals surface area contributed by atoms with Gasteiger partial charge in [-0.1, -0.05) is 0 Å². The van der Waals surface area contributed by atoms with Crippen LogP contribution in [-0.4, -0.2) is 15.0 Å². The van der Waals surface area contributed by atoms with Crippen molar-refractivity contribution in [3.8, 4) is 0 Å². The molecule has 0 aliphatic carbocycles. The van der Waals surface area contributed by atoms with E-state index in [9.17, 15) is 0 Å². The standard InChI is InChI=1S/C7H8N4.ClH/c8-3-7-10-5-1-2-9-4-6(5)11-7;/h1-2,4H,3,8H2,(H,10,11);1H. The molecule has 0 amide bonds. The van der Waals surface area contributed by atoms with E-state index in [0.717, 1.165) is 16.9 Å². The van der Waals surface area contributed by atoms with E-state index < -0.39 is 0 Å². The van der Waals surface area contributed by atoms with Crippen molar-refractivity contribution >= 4 is 23.4 Å². The first-order chi connectivity index (χ1) is 5.40. The molecule has 2 aromatic heterocycles. The van der Waals surface area contributed by atoms with Crippen LogP contribution in [0.1, 0.15) is 5.82 Å². The second kappa shape index (κ2) is 3.51. The number of aromatic nitrogens is 3. The minimum atomic E-state index is 0. The summed E-state index contributed by atoms with van der Waals surface area (Å²) < 4.78 is 0. The number of pyridine rings is 1. The number of hydrogen-bond donors (Lipinski definition) is 2. The van der Waals surface area contributed by atoms with Crippen LogP contribution in [-0.2, 0) is 6.54 Å². The van der Waals surface area contributed by atoms with Gasteiger partial charge in [0, 0.05) is 6.20 Å². The Kier molecular flexibility index (Phi) is 2.62.